The molecule has 0 unspecified atom stereocenters. The van der Waals surface area contributed by atoms with Crippen molar-refractivity contribution in [1.29, 1.82) is 0 Å². The van der Waals surface area contributed by atoms with Crippen molar-refractivity contribution in [1.82, 2.24) is 15.0 Å². The van der Waals surface area contributed by atoms with E-state index in [0.29, 0.717) is 21.9 Å². The second kappa shape index (κ2) is 7.13. The van der Waals surface area contributed by atoms with Crippen LogP contribution >= 0.6 is 15.9 Å². The summed E-state index contributed by atoms with van der Waals surface area (Å²) in [5.41, 5.74) is 1.41. The van der Waals surface area contributed by atoms with Crippen molar-refractivity contribution in [3.05, 3.63) is 59.3 Å². The molecule has 0 atom stereocenters. The van der Waals surface area contributed by atoms with Gasteiger partial charge in [-0.1, -0.05) is 18.2 Å². The summed E-state index contributed by atoms with van der Waals surface area (Å²) in [5, 5.41) is 10.9. The number of hydrogen-bond acceptors (Lipinski definition) is 7. The topological polar surface area (TPSA) is 123 Å². The number of aromatic nitrogens is 3. The number of nitrogens with two attached hydrogens (primary N) is 1. The van der Waals surface area contributed by atoms with Crippen LogP contribution in [0.2, 0.25) is 0 Å². The number of halogens is 1. The van der Waals surface area contributed by atoms with Gasteiger partial charge in [-0.15, -0.1) is 0 Å². The van der Waals surface area contributed by atoms with Crippen LogP contribution in [-0.2, 0) is 10.0 Å². The van der Waals surface area contributed by atoms with Crippen molar-refractivity contribution in [2.45, 2.75) is 5.03 Å². The molecule has 8 nitrogen and oxygen atoms in total. The lowest BCUT2D eigenvalue weighted by molar-refractivity contribution is 0.594. The first-order valence-corrected chi connectivity index (χ1v) is 9.36. The van der Waals surface area contributed by atoms with E-state index in [9.17, 15) is 8.42 Å². The molecule has 0 aliphatic carbocycles. The molecule has 0 fully saturated rings. The molecule has 128 valence electrons. The summed E-state index contributed by atoms with van der Waals surface area (Å²) in [6.07, 6.45) is 2.95. The number of primary sulfonamides is 1. The Kier molecular flexibility index (Phi) is 4.93. The minimum atomic E-state index is -3.83. The highest BCUT2D eigenvalue weighted by atomic mass is 79.9. The van der Waals surface area contributed by atoms with Gasteiger partial charge in [0.05, 0.1) is 16.4 Å². The van der Waals surface area contributed by atoms with E-state index < -0.39 is 10.0 Å². The Morgan fingerprint density at radius 1 is 0.920 bits per heavy atom. The summed E-state index contributed by atoms with van der Waals surface area (Å²) in [5.74, 6) is 0.907. The SMILES string of the molecule is NS(=O)(=O)c1ccc(Nc2ncc(Br)c(Nc3ccccc3)n2)cn1. The minimum absolute atomic E-state index is 0.207. The van der Waals surface area contributed by atoms with Crippen LogP contribution in [0, 0.1) is 0 Å². The number of nitrogens with one attached hydrogen (secondary N) is 2. The third-order valence-electron chi connectivity index (χ3n) is 3.06. The first-order chi connectivity index (χ1) is 11.9. The van der Waals surface area contributed by atoms with Gasteiger partial charge in [-0.2, -0.15) is 4.98 Å². The molecule has 2 heterocycles. The van der Waals surface area contributed by atoms with Crippen molar-refractivity contribution >= 4 is 49.1 Å². The number of sulfonamides is 1. The molecule has 3 rings (SSSR count). The average Bonchev–Trinajstić information content (AvgIpc) is 2.58. The zero-order chi connectivity index (χ0) is 17.9. The molecule has 0 saturated carbocycles. The number of hydrogen-bond donors (Lipinski definition) is 3. The second-order valence-electron chi connectivity index (χ2n) is 4.94. The fourth-order valence-electron chi connectivity index (χ4n) is 1.92. The summed E-state index contributed by atoms with van der Waals surface area (Å²) >= 11 is 3.40. The Hall–Kier alpha value is -2.56. The highest BCUT2D eigenvalue weighted by molar-refractivity contribution is 9.10. The van der Waals surface area contributed by atoms with Gasteiger partial charge in [-0.25, -0.2) is 23.5 Å². The number of anilines is 4. The molecular formula is C15H13BrN6O2S. The Morgan fingerprint density at radius 3 is 2.32 bits per heavy atom. The van der Waals surface area contributed by atoms with Gasteiger partial charge in [0.25, 0.3) is 10.0 Å². The molecule has 0 radical (unpaired) electrons. The minimum Gasteiger partial charge on any atom is -0.339 e. The molecule has 1 aromatic carbocycles. The fraction of sp³-hybridized carbons (Fsp3) is 0. The number of rotatable bonds is 5. The van der Waals surface area contributed by atoms with E-state index >= 15 is 0 Å². The van der Waals surface area contributed by atoms with Crippen LogP contribution in [0.5, 0.6) is 0 Å². The molecule has 0 aliphatic heterocycles. The molecule has 4 N–H and O–H groups in total. The molecule has 25 heavy (non-hydrogen) atoms. The highest BCUT2D eigenvalue weighted by Gasteiger charge is 2.10. The van der Waals surface area contributed by atoms with Crippen molar-refractivity contribution in [3.63, 3.8) is 0 Å². The van der Waals surface area contributed by atoms with Crippen LogP contribution < -0.4 is 15.8 Å². The largest absolute Gasteiger partial charge is 0.339 e. The van der Waals surface area contributed by atoms with E-state index in [4.69, 9.17) is 5.14 Å². The maximum atomic E-state index is 11.2. The second-order valence-corrected chi connectivity index (χ2v) is 7.30. The van der Waals surface area contributed by atoms with Crippen molar-refractivity contribution in [3.8, 4) is 0 Å². The van der Waals surface area contributed by atoms with E-state index in [-0.39, 0.29) is 5.03 Å². The van der Waals surface area contributed by atoms with E-state index in [1.54, 1.807) is 6.20 Å². The van der Waals surface area contributed by atoms with Crippen molar-refractivity contribution < 1.29 is 8.42 Å². The van der Waals surface area contributed by atoms with Gasteiger partial charge in [-0.05, 0) is 40.2 Å². The quantitative estimate of drug-likeness (QED) is 0.579. The van der Waals surface area contributed by atoms with Crippen LogP contribution in [0.25, 0.3) is 0 Å². The Morgan fingerprint density at radius 2 is 1.68 bits per heavy atom. The standard InChI is InChI=1S/C15H13BrN6O2S/c16-12-9-19-15(22-14(12)20-10-4-2-1-3-5-10)21-11-6-7-13(18-8-11)25(17,23)24/h1-9H,(H2,17,23,24)(H2,19,20,21,22). The van der Waals surface area contributed by atoms with E-state index in [0.717, 1.165) is 5.69 Å². The summed E-state index contributed by atoms with van der Waals surface area (Å²) in [4.78, 5) is 12.3. The van der Waals surface area contributed by atoms with E-state index in [1.165, 1.54) is 18.3 Å². The highest BCUT2D eigenvalue weighted by Crippen LogP contribution is 2.25. The molecule has 0 spiro atoms. The van der Waals surface area contributed by atoms with Gasteiger partial charge < -0.3 is 10.6 Å². The van der Waals surface area contributed by atoms with Gasteiger partial charge in [0.15, 0.2) is 5.03 Å². The van der Waals surface area contributed by atoms with Gasteiger partial charge >= 0.3 is 0 Å². The van der Waals surface area contributed by atoms with Gasteiger partial charge in [0.2, 0.25) is 5.95 Å². The zero-order valence-electron chi connectivity index (χ0n) is 12.7. The Bertz CT molecular complexity index is 981. The molecular weight excluding hydrogens is 408 g/mol. The van der Waals surface area contributed by atoms with Gasteiger partial charge in [0.1, 0.15) is 5.82 Å². The summed E-state index contributed by atoms with van der Waals surface area (Å²) in [6, 6.07) is 12.4. The Labute approximate surface area is 152 Å². The molecule has 0 aliphatic rings. The predicted octanol–water partition coefficient (Wildman–Crippen LogP) is 2.77. The number of para-hydroxylation sites is 1. The number of benzene rings is 1. The van der Waals surface area contributed by atoms with Crippen molar-refractivity contribution in [2.75, 3.05) is 10.6 Å². The normalized spacial score (nSPS) is 11.1. The van der Waals surface area contributed by atoms with Crippen LogP contribution in [0.1, 0.15) is 0 Å². The monoisotopic (exact) mass is 420 g/mol. The molecule has 0 amide bonds. The van der Waals surface area contributed by atoms with Crippen LogP contribution in [0.4, 0.5) is 23.1 Å². The van der Waals surface area contributed by atoms with E-state index in [1.807, 2.05) is 30.3 Å². The lowest BCUT2D eigenvalue weighted by atomic mass is 10.3. The molecule has 0 bridgehead atoms. The molecule has 0 saturated heterocycles. The maximum Gasteiger partial charge on any atom is 0.255 e. The average molecular weight is 421 g/mol. The Balaban J connectivity index is 1.80. The van der Waals surface area contributed by atoms with Gasteiger partial charge in [0, 0.05) is 11.9 Å². The van der Waals surface area contributed by atoms with Gasteiger partial charge in [-0.3, -0.25) is 0 Å². The van der Waals surface area contributed by atoms with Crippen LogP contribution in [-0.4, -0.2) is 23.4 Å². The summed E-state index contributed by atoms with van der Waals surface area (Å²) < 4.78 is 23.1. The molecule has 3 aromatic rings. The fourth-order valence-corrected chi connectivity index (χ4v) is 2.67. The third kappa shape index (κ3) is 4.50. The predicted molar refractivity (Wildman–Crippen MR) is 98.3 cm³/mol. The lowest BCUT2D eigenvalue weighted by Gasteiger charge is -2.10. The summed E-state index contributed by atoms with van der Waals surface area (Å²) in [6.45, 7) is 0. The lowest BCUT2D eigenvalue weighted by Crippen LogP contribution is -2.13. The first kappa shape index (κ1) is 17.3. The van der Waals surface area contributed by atoms with Crippen LogP contribution in [0.3, 0.4) is 0 Å². The first-order valence-electron chi connectivity index (χ1n) is 7.02. The zero-order valence-corrected chi connectivity index (χ0v) is 15.1. The van der Waals surface area contributed by atoms with E-state index in [2.05, 4.69) is 41.5 Å². The third-order valence-corrected chi connectivity index (χ3v) is 4.47. The maximum absolute atomic E-state index is 11.2. The number of nitrogens with zero attached hydrogens (tertiary/aromatic N) is 3. The smallest absolute Gasteiger partial charge is 0.255 e. The van der Waals surface area contributed by atoms with Crippen molar-refractivity contribution in [2.24, 2.45) is 5.14 Å². The van der Waals surface area contributed by atoms with Crippen LogP contribution in [0.15, 0.2) is 64.4 Å². The molecule has 2 aromatic heterocycles. The molecule has 10 heteroatoms. The summed E-state index contributed by atoms with van der Waals surface area (Å²) in [7, 11) is -3.83. The number of pyridine rings is 1.